The lowest BCUT2D eigenvalue weighted by Crippen LogP contribution is -2.69. The minimum atomic E-state index is -1.25. The predicted octanol–water partition coefficient (Wildman–Crippen LogP) is -0.282. The molecule has 1 aliphatic heterocycles. The SMILES string of the molecule is CC1(C)OC(=O)NN[C@@]1(C)O. The van der Waals surface area contributed by atoms with Gasteiger partial charge in [0.2, 0.25) is 0 Å². The fraction of sp³-hybridized carbons (Fsp3) is 0.833. The van der Waals surface area contributed by atoms with Crippen LogP contribution < -0.4 is 10.9 Å². The van der Waals surface area contributed by atoms with E-state index in [0.29, 0.717) is 0 Å². The van der Waals surface area contributed by atoms with Crippen molar-refractivity contribution in [2.45, 2.75) is 32.1 Å². The molecule has 5 heteroatoms. The summed E-state index contributed by atoms with van der Waals surface area (Å²) in [6.45, 7) is 4.77. The Bertz CT molecular complexity index is 188. The molecule has 1 rings (SSSR count). The number of carbonyl (C=O) groups excluding carboxylic acids is 1. The van der Waals surface area contributed by atoms with E-state index in [1.165, 1.54) is 6.92 Å². The number of hydrazine groups is 1. The van der Waals surface area contributed by atoms with Crippen molar-refractivity contribution in [1.29, 1.82) is 0 Å². The van der Waals surface area contributed by atoms with Crippen molar-refractivity contribution in [2.75, 3.05) is 0 Å². The van der Waals surface area contributed by atoms with Crippen LogP contribution in [0, 0.1) is 0 Å². The van der Waals surface area contributed by atoms with Gasteiger partial charge in [0.25, 0.3) is 0 Å². The Hall–Kier alpha value is -0.810. The number of aliphatic hydroxyl groups is 1. The van der Waals surface area contributed by atoms with E-state index in [1.807, 2.05) is 0 Å². The highest BCUT2D eigenvalue weighted by Gasteiger charge is 2.46. The number of hydrogen-bond acceptors (Lipinski definition) is 4. The maximum absolute atomic E-state index is 10.7. The van der Waals surface area contributed by atoms with E-state index in [4.69, 9.17) is 4.74 Å². The van der Waals surface area contributed by atoms with Crippen LogP contribution >= 0.6 is 0 Å². The zero-order chi connectivity index (χ0) is 8.70. The molecule has 0 saturated carbocycles. The summed E-state index contributed by atoms with van der Waals surface area (Å²) < 4.78 is 4.83. The monoisotopic (exact) mass is 160 g/mol. The normalized spacial score (nSPS) is 35.8. The van der Waals surface area contributed by atoms with E-state index in [9.17, 15) is 9.90 Å². The summed E-state index contributed by atoms with van der Waals surface area (Å²) in [4.78, 5) is 10.7. The van der Waals surface area contributed by atoms with E-state index in [1.54, 1.807) is 13.8 Å². The van der Waals surface area contributed by atoms with E-state index in [-0.39, 0.29) is 0 Å². The highest BCUT2D eigenvalue weighted by atomic mass is 16.6. The third-order valence-electron chi connectivity index (χ3n) is 1.93. The van der Waals surface area contributed by atoms with Crippen molar-refractivity contribution in [3.8, 4) is 0 Å². The van der Waals surface area contributed by atoms with Crippen LogP contribution in [-0.2, 0) is 4.74 Å². The Balaban J connectivity index is 2.80. The molecule has 1 fully saturated rings. The molecule has 0 spiro atoms. The molecule has 1 heterocycles. The van der Waals surface area contributed by atoms with Gasteiger partial charge < -0.3 is 9.84 Å². The standard InChI is InChI=1S/C6H12N2O3/c1-5(2)6(3,10)8-7-4(9)11-5/h8,10H,1-3H3,(H,7,9)/t6-/m0/s1. The number of nitrogens with one attached hydrogen (secondary N) is 2. The van der Waals surface area contributed by atoms with Gasteiger partial charge >= 0.3 is 6.09 Å². The second-order valence-electron chi connectivity index (χ2n) is 3.22. The van der Waals surface area contributed by atoms with Gasteiger partial charge in [0.1, 0.15) is 0 Å². The predicted molar refractivity (Wildman–Crippen MR) is 37.5 cm³/mol. The fourth-order valence-electron chi connectivity index (χ4n) is 0.680. The summed E-state index contributed by atoms with van der Waals surface area (Å²) in [5.41, 5.74) is 2.43. The lowest BCUT2D eigenvalue weighted by molar-refractivity contribution is -0.169. The van der Waals surface area contributed by atoms with Crippen LogP contribution in [-0.4, -0.2) is 22.5 Å². The summed E-state index contributed by atoms with van der Waals surface area (Å²) in [6, 6.07) is 0. The van der Waals surface area contributed by atoms with E-state index >= 15 is 0 Å². The number of cyclic esters (lactones) is 1. The van der Waals surface area contributed by atoms with Crippen LogP contribution in [0.3, 0.4) is 0 Å². The van der Waals surface area contributed by atoms with Gasteiger partial charge in [-0.1, -0.05) is 0 Å². The molecule has 1 amide bonds. The van der Waals surface area contributed by atoms with Crippen LogP contribution in [0.1, 0.15) is 20.8 Å². The van der Waals surface area contributed by atoms with Crippen LogP contribution in [0.15, 0.2) is 0 Å². The lowest BCUT2D eigenvalue weighted by Gasteiger charge is -2.43. The van der Waals surface area contributed by atoms with Crippen molar-refractivity contribution >= 4 is 6.09 Å². The molecule has 0 aromatic carbocycles. The topological polar surface area (TPSA) is 70.6 Å². The van der Waals surface area contributed by atoms with Gasteiger partial charge in [-0.2, -0.15) is 5.43 Å². The van der Waals surface area contributed by atoms with Crippen molar-refractivity contribution in [3.63, 3.8) is 0 Å². The quantitative estimate of drug-likeness (QED) is 0.455. The van der Waals surface area contributed by atoms with Crippen molar-refractivity contribution in [1.82, 2.24) is 10.9 Å². The van der Waals surface area contributed by atoms with Crippen LogP contribution in [0.25, 0.3) is 0 Å². The molecule has 0 radical (unpaired) electrons. The number of amides is 1. The van der Waals surface area contributed by atoms with E-state index in [2.05, 4.69) is 10.9 Å². The molecule has 5 nitrogen and oxygen atoms in total. The van der Waals surface area contributed by atoms with E-state index in [0.717, 1.165) is 0 Å². The largest absolute Gasteiger partial charge is 0.438 e. The second-order valence-corrected chi connectivity index (χ2v) is 3.22. The highest BCUT2D eigenvalue weighted by Crippen LogP contribution is 2.24. The first-order chi connectivity index (χ1) is 4.85. The molecule has 0 aromatic heterocycles. The summed E-state index contributed by atoms with van der Waals surface area (Å²) >= 11 is 0. The van der Waals surface area contributed by atoms with Crippen molar-refractivity contribution in [3.05, 3.63) is 0 Å². The van der Waals surface area contributed by atoms with Crippen LogP contribution in [0.4, 0.5) is 4.79 Å². The van der Waals surface area contributed by atoms with Gasteiger partial charge in [-0.05, 0) is 20.8 Å². The molecule has 0 unspecified atom stereocenters. The molecule has 1 saturated heterocycles. The molecular weight excluding hydrogens is 148 g/mol. The Morgan fingerprint density at radius 3 is 2.36 bits per heavy atom. The summed E-state index contributed by atoms with van der Waals surface area (Å²) in [5.74, 6) is 0. The minimum Gasteiger partial charge on any atom is -0.438 e. The van der Waals surface area contributed by atoms with Gasteiger partial charge in [0, 0.05) is 0 Å². The zero-order valence-corrected chi connectivity index (χ0v) is 6.76. The first kappa shape index (κ1) is 8.29. The number of rotatable bonds is 0. The molecule has 3 N–H and O–H groups in total. The van der Waals surface area contributed by atoms with Crippen molar-refractivity contribution in [2.24, 2.45) is 0 Å². The Morgan fingerprint density at radius 2 is 2.00 bits per heavy atom. The Labute approximate surface area is 64.7 Å². The van der Waals surface area contributed by atoms with Gasteiger partial charge in [-0.15, -0.1) is 0 Å². The Kier molecular flexibility index (Phi) is 1.57. The zero-order valence-electron chi connectivity index (χ0n) is 6.76. The molecule has 64 valence electrons. The van der Waals surface area contributed by atoms with E-state index < -0.39 is 17.4 Å². The van der Waals surface area contributed by atoms with Crippen LogP contribution in [0.2, 0.25) is 0 Å². The van der Waals surface area contributed by atoms with Gasteiger partial charge in [0.15, 0.2) is 11.3 Å². The maximum atomic E-state index is 10.7. The van der Waals surface area contributed by atoms with Gasteiger partial charge in [0.05, 0.1) is 0 Å². The summed E-state index contributed by atoms with van der Waals surface area (Å²) in [5, 5.41) is 9.57. The average Bonchev–Trinajstić information content (AvgIpc) is 1.80. The third kappa shape index (κ3) is 1.29. The second kappa shape index (κ2) is 2.09. The first-order valence-corrected chi connectivity index (χ1v) is 3.34. The molecule has 11 heavy (non-hydrogen) atoms. The molecular formula is C6H12N2O3. The molecule has 0 bridgehead atoms. The van der Waals surface area contributed by atoms with Crippen molar-refractivity contribution < 1.29 is 14.6 Å². The summed E-state index contributed by atoms with van der Waals surface area (Å²) in [6.07, 6.45) is -0.582. The summed E-state index contributed by atoms with van der Waals surface area (Å²) in [7, 11) is 0. The molecule has 0 aliphatic carbocycles. The number of ether oxygens (including phenoxy) is 1. The lowest BCUT2D eigenvalue weighted by atomic mass is 9.96. The maximum Gasteiger partial charge on any atom is 0.422 e. The number of hydrogen-bond donors (Lipinski definition) is 3. The highest BCUT2D eigenvalue weighted by molar-refractivity contribution is 5.68. The Morgan fingerprint density at radius 1 is 1.45 bits per heavy atom. The van der Waals surface area contributed by atoms with Gasteiger partial charge in [-0.3, -0.25) is 5.43 Å². The van der Waals surface area contributed by atoms with Gasteiger partial charge in [-0.25, -0.2) is 4.79 Å². The van der Waals surface area contributed by atoms with Crippen LogP contribution in [0.5, 0.6) is 0 Å². The smallest absolute Gasteiger partial charge is 0.422 e. The molecule has 1 aliphatic rings. The molecule has 0 aromatic rings. The fourth-order valence-corrected chi connectivity index (χ4v) is 0.680. The minimum absolute atomic E-state index is 0.582. The molecule has 1 atom stereocenters. The first-order valence-electron chi connectivity index (χ1n) is 3.34. The average molecular weight is 160 g/mol. The number of carbonyl (C=O) groups is 1. The third-order valence-corrected chi connectivity index (χ3v) is 1.93.